The van der Waals surface area contributed by atoms with Crippen molar-refractivity contribution in [1.82, 2.24) is 0 Å². The largest absolute Gasteiger partial charge is 0.460 e. The molecule has 1 N–H and O–H groups in total. The van der Waals surface area contributed by atoms with Crippen LogP contribution in [-0.4, -0.2) is 76.9 Å². The second-order valence-corrected chi connectivity index (χ2v) is 7.69. The summed E-state index contributed by atoms with van der Waals surface area (Å²) in [5.74, 6) is -58.6. The molecule has 0 aromatic heterocycles. The van der Waals surface area contributed by atoms with Crippen LogP contribution in [-0.2, 0) is 0 Å². The van der Waals surface area contributed by atoms with E-state index in [1.54, 1.807) is 0 Å². The molecule has 1 atom stereocenters. The molecular formula is C13H10F17N3OS. The van der Waals surface area contributed by atoms with Crippen molar-refractivity contribution in [3.8, 4) is 0 Å². The van der Waals surface area contributed by atoms with Crippen molar-refractivity contribution < 1.29 is 79.7 Å². The molecule has 0 aliphatic rings. The average Bonchev–Trinajstić information content (AvgIpc) is 2.67. The van der Waals surface area contributed by atoms with Gasteiger partial charge in [-0.15, -0.1) is 0 Å². The number of halogens is 17. The van der Waals surface area contributed by atoms with Crippen LogP contribution in [0.2, 0.25) is 0 Å². The van der Waals surface area contributed by atoms with Gasteiger partial charge in [0.25, 0.3) is 0 Å². The van der Waals surface area contributed by atoms with Crippen LogP contribution >= 0.6 is 11.8 Å². The molecule has 208 valence electrons. The van der Waals surface area contributed by atoms with E-state index >= 15 is 0 Å². The third-order valence-electron chi connectivity index (χ3n) is 4.01. The second-order valence-electron chi connectivity index (χ2n) is 6.54. The first kappa shape index (κ1) is 33.4. The van der Waals surface area contributed by atoms with Crippen LogP contribution in [0.15, 0.2) is 5.11 Å². The standard InChI is InChI=1S/C13H10F17N3OS/c14-6(15,1-2-35-4-5(34)3-32-33-31)7(16,17)8(18,19)9(20,21)10(22,23)11(24,25)12(26,27)13(28,29)30/h5,34H,1-4H2. The second kappa shape index (κ2) is 10.1. The van der Waals surface area contributed by atoms with Gasteiger partial charge in [-0.3, -0.25) is 0 Å². The lowest BCUT2D eigenvalue weighted by Crippen LogP contribution is -2.74. The van der Waals surface area contributed by atoms with Crippen LogP contribution in [0.25, 0.3) is 10.4 Å². The summed E-state index contributed by atoms with van der Waals surface area (Å²) >= 11 is 0.0174. The number of aliphatic hydroxyl groups is 1. The highest BCUT2D eigenvalue weighted by molar-refractivity contribution is 7.99. The summed E-state index contributed by atoms with van der Waals surface area (Å²) in [5, 5.41) is 11.9. The van der Waals surface area contributed by atoms with E-state index in [1.807, 2.05) is 0 Å². The van der Waals surface area contributed by atoms with Crippen molar-refractivity contribution in [3.63, 3.8) is 0 Å². The Morgan fingerprint density at radius 2 is 1.03 bits per heavy atom. The van der Waals surface area contributed by atoms with E-state index in [2.05, 4.69) is 10.0 Å². The molecule has 35 heavy (non-hydrogen) atoms. The highest BCUT2D eigenvalue weighted by Gasteiger charge is 2.95. The van der Waals surface area contributed by atoms with E-state index in [1.165, 1.54) is 0 Å². The van der Waals surface area contributed by atoms with Gasteiger partial charge in [0.2, 0.25) is 0 Å². The van der Waals surface area contributed by atoms with E-state index in [-0.39, 0.29) is 11.8 Å². The number of alkyl halides is 17. The molecule has 0 bridgehead atoms. The quantitative estimate of drug-likeness (QED) is 0.0859. The highest BCUT2D eigenvalue weighted by atomic mass is 32.2. The molecule has 0 aromatic carbocycles. The number of azide groups is 1. The van der Waals surface area contributed by atoms with E-state index in [0.717, 1.165) is 0 Å². The van der Waals surface area contributed by atoms with E-state index in [9.17, 15) is 74.6 Å². The zero-order valence-electron chi connectivity index (χ0n) is 16.0. The predicted octanol–water partition coefficient (Wildman–Crippen LogP) is 6.79. The molecule has 0 saturated carbocycles. The molecule has 4 nitrogen and oxygen atoms in total. The molecule has 0 radical (unpaired) electrons. The first-order valence-electron chi connectivity index (χ1n) is 8.18. The number of hydrogen-bond donors (Lipinski definition) is 1. The molecule has 0 aliphatic carbocycles. The molecule has 0 heterocycles. The van der Waals surface area contributed by atoms with Gasteiger partial charge in [-0.2, -0.15) is 86.4 Å². The summed E-state index contributed by atoms with van der Waals surface area (Å²) < 4.78 is 222. The van der Waals surface area contributed by atoms with Crippen LogP contribution in [0.1, 0.15) is 6.42 Å². The maximum Gasteiger partial charge on any atom is 0.460 e. The third kappa shape index (κ3) is 5.57. The Morgan fingerprint density at radius 3 is 1.40 bits per heavy atom. The van der Waals surface area contributed by atoms with Gasteiger partial charge in [-0.1, -0.05) is 5.11 Å². The summed E-state index contributed by atoms with van der Waals surface area (Å²) in [6.07, 6.45) is -12.0. The Kier molecular flexibility index (Phi) is 9.61. The smallest absolute Gasteiger partial charge is 0.392 e. The van der Waals surface area contributed by atoms with Gasteiger partial charge in [0.15, 0.2) is 0 Å². The summed E-state index contributed by atoms with van der Waals surface area (Å²) in [6, 6.07) is 0. The molecular weight excluding hydrogens is 569 g/mol. The molecule has 0 aliphatic heterocycles. The van der Waals surface area contributed by atoms with Crippen molar-refractivity contribution in [2.45, 2.75) is 60.2 Å². The molecule has 0 fully saturated rings. The zero-order valence-corrected chi connectivity index (χ0v) is 16.8. The lowest BCUT2D eigenvalue weighted by atomic mass is 9.88. The zero-order chi connectivity index (χ0) is 28.5. The van der Waals surface area contributed by atoms with Crippen molar-refractivity contribution in [2.75, 3.05) is 18.1 Å². The minimum absolute atomic E-state index is 0.0174. The molecule has 0 amide bonds. The Bertz CT molecular complexity index is 778. The Hall–Kier alpha value is -1.57. The van der Waals surface area contributed by atoms with Crippen LogP contribution < -0.4 is 0 Å². The highest BCUT2D eigenvalue weighted by Crippen LogP contribution is 2.64. The van der Waals surface area contributed by atoms with E-state index < -0.39 is 78.2 Å². The summed E-state index contributed by atoms with van der Waals surface area (Å²) in [5.41, 5.74) is 7.94. The molecule has 0 saturated heterocycles. The fourth-order valence-electron chi connectivity index (χ4n) is 1.96. The fraction of sp³-hybridized carbons (Fsp3) is 1.00. The van der Waals surface area contributed by atoms with Crippen molar-refractivity contribution in [3.05, 3.63) is 10.4 Å². The predicted molar refractivity (Wildman–Crippen MR) is 82.6 cm³/mol. The van der Waals surface area contributed by atoms with E-state index in [0.29, 0.717) is 0 Å². The van der Waals surface area contributed by atoms with E-state index in [4.69, 9.17) is 10.6 Å². The van der Waals surface area contributed by atoms with Gasteiger partial charge in [-0.25, -0.2) is 0 Å². The van der Waals surface area contributed by atoms with Gasteiger partial charge < -0.3 is 5.11 Å². The Balaban J connectivity index is 6.06. The first-order valence-corrected chi connectivity index (χ1v) is 9.34. The van der Waals surface area contributed by atoms with Crippen molar-refractivity contribution >= 4 is 11.8 Å². The van der Waals surface area contributed by atoms with Crippen molar-refractivity contribution in [1.29, 1.82) is 0 Å². The maximum absolute atomic E-state index is 13.6. The first-order chi connectivity index (χ1) is 15.2. The minimum atomic E-state index is -8.65. The van der Waals surface area contributed by atoms with Crippen LogP contribution in [0, 0.1) is 0 Å². The van der Waals surface area contributed by atoms with Crippen LogP contribution in [0.5, 0.6) is 0 Å². The molecule has 1 unspecified atom stereocenters. The topological polar surface area (TPSA) is 69.0 Å². The van der Waals surface area contributed by atoms with Crippen molar-refractivity contribution in [2.24, 2.45) is 5.11 Å². The minimum Gasteiger partial charge on any atom is -0.392 e. The average molecular weight is 579 g/mol. The van der Waals surface area contributed by atoms with Gasteiger partial charge in [0.1, 0.15) is 0 Å². The number of rotatable bonds is 13. The van der Waals surface area contributed by atoms with Crippen LogP contribution in [0.3, 0.4) is 0 Å². The summed E-state index contributed by atoms with van der Waals surface area (Å²) in [7, 11) is 0. The normalized spacial score (nSPS) is 16.2. The van der Waals surface area contributed by atoms with Gasteiger partial charge in [-0.05, 0) is 11.3 Å². The molecule has 22 heteroatoms. The number of thioether (sulfide) groups is 1. The summed E-state index contributed by atoms with van der Waals surface area (Å²) in [6.45, 7) is -0.702. The third-order valence-corrected chi connectivity index (χ3v) is 5.13. The molecule has 0 rings (SSSR count). The lowest BCUT2D eigenvalue weighted by molar-refractivity contribution is -0.461. The monoisotopic (exact) mass is 579 g/mol. The fourth-order valence-corrected chi connectivity index (χ4v) is 2.90. The number of hydrogen-bond acceptors (Lipinski definition) is 3. The van der Waals surface area contributed by atoms with Gasteiger partial charge >= 0.3 is 47.6 Å². The SMILES string of the molecule is [N-]=[N+]=NCC(O)CSCCC(F)(F)C(F)(F)C(F)(F)C(F)(F)C(F)(F)C(F)(F)C(F)(F)C(F)(F)F. The number of aliphatic hydroxyl groups excluding tert-OH is 1. The Labute approximate surface area is 186 Å². The number of nitrogens with zero attached hydrogens (tertiary/aromatic N) is 3. The Morgan fingerprint density at radius 1 is 0.657 bits per heavy atom. The lowest BCUT2D eigenvalue weighted by Gasteiger charge is -2.42. The summed E-state index contributed by atoms with van der Waals surface area (Å²) in [4.78, 5) is 2.15. The van der Waals surface area contributed by atoms with Gasteiger partial charge in [0.05, 0.1) is 12.6 Å². The van der Waals surface area contributed by atoms with Crippen LogP contribution in [0.4, 0.5) is 74.6 Å². The van der Waals surface area contributed by atoms with Gasteiger partial charge in [0, 0.05) is 17.1 Å². The molecule has 0 spiro atoms. The maximum atomic E-state index is 13.6. The molecule has 0 aromatic rings.